The molecule has 2 aromatic rings. The van der Waals surface area contributed by atoms with Crippen LogP contribution in [0.1, 0.15) is 16.7 Å². The Hall–Kier alpha value is -2.71. The van der Waals surface area contributed by atoms with Crippen LogP contribution in [0, 0.1) is 18.3 Å². The first-order chi connectivity index (χ1) is 12.2. The van der Waals surface area contributed by atoms with Crippen LogP contribution in [0.5, 0.6) is 0 Å². The van der Waals surface area contributed by atoms with Gasteiger partial charge < -0.3 is 4.90 Å². The maximum absolute atomic E-state index is 12.6. The molecule has 1 atom stereocenters. The van der Waals surface area contributed by atoms with Gasteiger partial charge in [0.1, 0.15) is 6.04 Å². The predicted molar refractivity (Wildman–Crippen MR) is 95.5 cm³/mol. The largest absolute Gasteiger partial charge is 0.338 e. The van der Waals surface area contributed by atoms with Crippen molar-refractivity contribution in [2.75, 3.05) is 19.6 Å². The van der Waals surface area contributed by atoms with Crippen molar-refractivity contribution in [3.05, 3.63) is 65.5 Å². The van der Waals surface area contributed by atoms with E-state index in [9.17, 15) is 10.1 Å². The van der Waals surface area contributed by atoms with Crippen LogP contribution in [0.25, 0.3) is 0 Å². The first kappa shape index (κ1) is 17.1. The van der Waals surface area contributed by atoms with E-state index in [4.69, 9.17) is 0 Å². The summed E-state index contributed by atoms with van der Waals surface area (Å²) in [7, 11) is 0. The number of amides is 1. The molecular formula is C20H22N4O. The van der Waals surface area contributed by atoms with Gasteiger partial charge in [-0.05, 0) is 29.7 Å². The highest BCUT2D eigenvalue weighted by molar-refractivity contribution is 5.79. The summed E-state index contributed by atoms with van der Waals surface area (Å²) in [4.78, 5) is 20.7. The van der Waals surface area contributed by atoms with Crippen LogP contribution in [0.15, 0.2) is 48.8 Å². The van der Waals surface area contributed by atoms with Gasteiger partial charge in [-0.15, -0.1) is 0 Å². The van der Waals surface area contributed by atoms with Crippen LogP contribution in [0.3, 0.4) is 0 Å². The van der Waals surface area contributed by atoms with Crippen molar-refractivity contribution in [3.63, 3.8) is 0 Å². The van der Waals surface area contributed by atoms with Gasteiger partial charge in [-0.2, -0.15) is 5.26 Å². The molecule has 0 aliphatic carbocycles. The molecule has 1 aromatic carbocycles. The van der Waals surface area contributed by atoms with E-state index in [2.05, 4.69) is 28.1 Å². The number of hydrogen-bond donors (Lipinski definition) is 0. The standard InChI is InChI=1S/C20H22N4O/c1-16-13-22-8-7-18(16)11-20(25)24-10-9-23(19(12-21)15-24)14-17-5-3-2-4-6-17/h2-8,13,19H,9-11,14-15H2,1H3/t19-/m1/s1. The quantitative estimate of drug-likeness (QED) is 0.860. The summed E-state index contributed by atoms with van der Waals surface area (Å²) in [5.74, 6) is 0.0777. The third-order valence-electron chi connectivity index (χ3n) is 4.70. The fourth-order valence-electron chi connectivity index (χ4n) is 3.15. The van der Waals surface area contributed by atoms with E-state index in [0.29, 0.717) is 26.1 Å². The molecule has 2 heterocycles. The molecule has 0 radical (unpaired) electrons. The van der Waals surface area contributed by atoms with Crippen molar-refractivity contribution >= 4 is 5.91 Å². The van der Waals surface area contributed by atoms with E-state index < -0.39 is 0 Å². The molecule has 0 spiro atoms. The van der Waals surface area contributed by atoms with Crippen molar-refractivity contribution < 1.29 is 4.79 Å². The zero-order valence-corrected chi connectivity index (χ0v) is 14.4. The first-order valence-electron chi connectivity index (χ1n) is 8.52. The highest BCUT2D eigenvalue weighted by Crippen LogP contribution is 2.16. The summed E-state index contributed by atoms with van der Waals surface area (Å²) in [6, 6.07) is 14.1. The summed E-state index contributed by atoms with van der Waals surface area (Å²) in [5, 5.41) is 9.53. The maximum atomic E-state index is 12.6. The monoisotopic (exact) mass is 334 g/mol. The molecule has 0 N–H and O–H groups in total. The maximum Gasteiger partial charge on any atom is 0.227 e. The summed E-state index contributed by atoms with van der Waals surface area (Å²) in [6.07, 6.45) is 3.86. The topological polar surface area (TPSA) is 60.2 Å². The second-order valence-electron chi connectivity index (χ2n) is 6.42. The smallest absolute Gasteiger partial charge is 0.227 e. The van der Waals surface area contributed by atoms with Gasteiger partial charge in [0, 0.05) is 38.6 Å². The number of hydrogen-bond acceptors (Lipinski definition) is 4. The Balaban J connectivity index is 1.62. The van der Waals surface area contributed by atoms with Crippen molar-refractivity contribution in [2.24, 2.45) is 0 Å². The molecule has 0 bridgehead atoms. The predicted octanol–water partition coefficient (Wildman–Crippen LogP) is 2.17. The number of piperazine rings is 1. The Kier molecular flexibility index (Phi) is 5.42. The Labute approximate surface area is 148 Å². The Bertz CT molecular complexity index is 769. The molecule has 1 saturated heterocycles. The lowest BCUT2D eigenvalue weighted by molar-refractivity contribution is -0.133. The van der Waals surface area contributed by atoms with E-state index in [1.807, 2.05) is 36.1 Å². The van der Waals surface area contributed by atoms with E-state index in [-0.39, 0.29) is 11.9 Å². The van der Waals surface area contributed by atoms with Gasteiger partial charge in [0.25, 0.3) is 0 Å². The highest BCUT2D eigenvalue weighted by Gasteiger charge is 2.29. The number of benzene rings is 1. The van der Waals surface area contributed by atoms with E-state index >= 15 is 0 Å². The van der Waals surface area contributed by atoms with Gasteiger partial charge in [-0.3, -0.25) is 14.7 Å². The normalized spacial score (nSPS) is 17.9. The summed E-state index contributed by atoms with van der Waals surface area (Å²) in [5.41, 5.74) is 3.21. The first-order valence-corrected chi connectivity index (χ1v) is 8.52. The average Bonchev–Trinajstić information content (AvgIpc) is 2.64. The minimum Gasteiger partial charge on any atom is -0.338 e. The third kappa shape index (κ3) is 4.23. The SMILES string of the molecule is Cc1cnccc1CC(=O)N1CCN(Cc2ccccc2)[C@H](C#N)C1. The van der Waals surface area contributed by atoms with Gasteiger partial charge in [-0.1, -0.05) is 30.3 Å². The molecule has 0 unspecified atom stereocenters. The Morgan fingerprint density at radius 3 is 2.80 bits per heavy atom. The van der Waals surface area contributed by atoms with E-state index in [0.717, 1.165) is 17.7 Å². The van der Waals surface area contributed by atoms with Gasteiger partial charge in [0.2, 0.25) is 5.91 Å². The van der Waals surface area contributed by atoms with Crippen LogP contribution >= 0.6 is 0 Å². The van der Waals surface area contributed by atoms with Gasteiger partial charge in [0.05, 0.1) is 12.5 Å². The highest BCUT2D eigenvalue weighted by atomic mass is 16.2. The van der Waals surface area contributed by atoms with Gasteiger partial charge in [0.15, 0.2) is 0 Å². The summed E-state index contributed by atoms with van der Waals surface area (Å²) in [6.45, 7) is 4.55. The molecule has 0 saturated carbocycles. The number of carbonyl (C=O) groups is 1. The molecular weight excluding hydrogens is 312 g/mol. The van der Waals surface area contributed by atoms with E-state index in [1.165, 1.54) is 5.56 Å². The Morgan fingerprint density at radius 2 is 2.08 bits per heavy atom. The van der Waals surface area contributed by atoms with E-state index in [1.54, 1.807) is 12.4 Å². The van der Waals surface area contributed by atoms with Crippen molar-refractivity contribution in [2.45, 2.75) is 25.9 Å². The van der Waals surface area contributed by atoms with Crippen LogP contribution < -0.4 is 0 Å². The second kappa shape index (κ2) is 7.91. The number of aryl methyl sites for hydroxylation is 1. The number of carbonyl (C=O) groups excluding carboxylic acids is 1. The molecule has 5 nitrogen and oxygen atoms in total. The molecule has 128 valence electrons. The molecule has 1 fully saturated rings. The molecule has 1 aliphatic heterocycles. The molecule has 25 heavy (non-hydrogen) atoms. The lowest BCUT2D eigenvalue weighted by Crippen LogP contribution is -2.54. The second-order valence-corrected chi connectivity index (χ2v) is 6.42. The van der Waals surface area contributed by atoms with Crippen molar-refractivity contribution in [1.82, 2.24) is 14.8 Å². The average molecular weight is 334 g/mol. The van der Waals surface area contributed by atoms with Crippen molar-refractivity contribution in [1.29, 1.82) is 5.26 Å². The minimum atomic E-state index is -0.267. The summed E-state index contributed by atoms with van der Waals surface area (Å²) < 4.78 is 0. The van der Waals surface area contributed by atoms with Crippen LogP contribution in [-0.2, 0) is 17.8 Å². The third-order valence-corrected chi connectivity index (χ3v) is 4.70. The zero-order valence-electron chi connectivity index (χ0n) is 14.4. The zero-order chi connectivity index (χ0) is 17.6. The minimum absolute atomic E-state index is 0.0777. The number of aromatic nitrogens is 1. The van der Waals surface area contributed by atoms with Gasteiger partial charge >= 0.3 is 0 Å². The van der Waals surface area contributed by atoms with Crippen LogP contribution in [-0.4, -0.2) is 46.4 Å². The number of nitrogens with zero attached hydrogens (tertiary/aromatic N) is 4. The molecule has 1 amide bonds. The van der Waals surface area contributed by atoms with Crippen LogP contribution in [0.4, 0.5) is 0 Å². The Morgan fingerprint density at radius 1 is 1.28 bits per heavy atom. The van der Waals surface area contributed by atoms with Gasteiger partial charge in [-0.25, -0.2) is 0 Å². The molecule has 1 aliphatic rings. The summed E-state index contributed by atoms with van der Waals surface area (Å²) >= 11 is 0. The lowest BCUT2D eigenvalue weighted by Gasteiger charge is -2.38. The lowest BCUT2D eigenvalue weighted by atomic mass is 10.1. The number of pyridine rings is 1. The number of nitriles is 1. The number of rotatable bonds is 4. The molecule has 5 heteroatoms. The van der Waals surface area contributed by atoms with Crippen LogP contribution in [0.2, 0.25) is 0 Å². The van der Waals surface area contributed by atoms with Crippen molar-refractivity contribution in [3.8, 4) is 6.07 Å². The fourth-order valence-corrected chi connectivity index (χ4v) is 3.15. The molecule has 3 rings (SSSR count). The molecule has 1 aromatic heterocycles. The fraction of sp³-hybridized carbons (Fsp3) is 0.350.